The molecule has 12 heteroatoms. The number of sulfone groups is 1. The topological polar surface area (TPSA) is 133 Å². The SMILES string of the molecule is CS(=O)(=O)c1ccc(C(=O)OCC(=O)Nc2cccc(Cl)c2Cl)cc1[N+](=O)[O-]. The molecule has 2 aromatic carbocycles. The Kier molecular flexibility index (Phi) is 6.60. The molecule has 0 aliphatic rings. The summed E-state index contributed by atoms with van der Waals surface area (Å²) in [7, 11) is -3.87. The summed E-state index contributed by atoms with van der Waals surface area (Å²) >= 11 is 11.8. The lowest BCUT2D eigenvalue weighted by Gasteiger charge is -2.09. The second-order valence-electron chi connectivity index (χ2n) is 5.44. The van der Waals surface area contributed by atoms with E-state index in [0.29, 0.717) is 0 Å². The fourth-order valence-corrected chi connectivity index (χ4v) is 3.28. The average Bonchev–Trinajstić information content (AvgIpc) is 2.62. The van der Waals surface area contributed by atoms with Crippen LogP contribution in [0.3, 0.4) is 0 Å². The van der Waals surface area contributed by atoms with E-state index in [1.54, 1.807) is 6.07 Å². The van der Waals surface area contributed by atoms with Crippen molar-refractivity contribution in [2.45, 2.75) is 4.90 Å². The molecule has 0 aliphatic carbocycles. The van der Waals surface area contributed by atoms with E-state index in [-0.39, 0.29) is 21.3 Å². The molecule has 0 saturated carbocycles. The molecule has 9 nitrogen and oxygen atoms in total. The number of nitro benzene ring substituents is 1. The van der Waals surface area contributed by atoms with Crippen LogP contribution in [0, 0.1) is 10.1 Å². The Labute approximate surface area is 169 Å². The van der Waals surface area contributed by atoms with Gasteiger partial charge in [0.25, 0.3) is 11.6 Å². The number of hydrogen-bond acceptors (Lipinski definition) is 7. The first-order valence-corrected chi connectivity index (χ1v) is 10.0. The molecule has 28 heavy (non-hydrogen) atoms. The van der Waals surface area contributed by atoms with Crippen molar-refractivity contribution in [1.29, 1.82) is 0 Å². The lowest BCUT2D eigenvalue weighted by molar-refractivity contribution is -0.387. The Balaban J connectivity index is 2.11. The Morgan fingerprint density at radius 3 is 2.50 bits per heavy atom. The van der Waals surface area contributed by atoms with Crippen molar-refractivity contribution >= 4 is 56.3 Å². The quantitative estimate of drug-likeness (QED) is 0.409. The summed E-state index contributed by atoms with van der Waals surface area (Å²) in [6, 6.07) is 7.31. The number of nitrogens with zero attached hydrogens (tertiary/aromatic N) is 1. The fraction of sp³-hybridized carbons (Fsp3) is 0.125. The van der Waals surface area contributed by atoms with Gasteiger partial charge in [-0.05, 0) is 24.3 Å². The first-order chi connectivity index (χ1) is 13.0. The maximum absolute atomic E-state index is 12.0. The normalized spacial score (nSPS) is 11.0. The second-order valence-corrected chi connectivity index (χ2v) is 8.21. The van der Waals surface area contributed by atoms with Gasteiger partial charge >= 0.3 is 5.97 Å². The number of carbonyl (C=O) groups excluding carboxylic acids is 2. The first kappa shape index (κ1) is 21.6. The number of carbonyl (C=O) groups is 2. The fourth-order valence-electron chi connectivity index (χ4n) is 2.10. The van der Waals surface area contributed by atoms with Crippen molar-refractivity contribution in [1.82, 2.24) is 0 Å². The van der Waals surface area contributed by atoms with Crippen LogP contribution in [0.5, 0.6) is 0 Å². The lowest BCUT2D eigenvalue weighted by atomic mass is 10.2. The molecule has 0 bridgehead atoms. The summed E-state index contributed by atoms with van der Waals surface area (Å²) in [6.45, 7) is -0.705. The van der Waals surface area contributed by atoms with Crippen molar-refractivity contribution in [3.05, 3.63) is 62.1 Å². The highest BCUT2D eigenvalue weighted by molar-refractivity contribution is 7.90. The van der Waals surface area contributed by atoms with Crippen molar-refractivity contribution in [2.24, 2.45) is 0 Å². The molecule has 0 fully saturated rings. The van der Waals surface area contributed by atoms with E-state index >= 15 is 0 Å². The molecule has 1 N–H and O–H groups in total. The number of halogens is 2. The molecule has 148 valence electrons. The smallest absolute Gasteiger partial charge is 0.338 e. The average molecular weight is 447 g/mol. The number of esters is 1. The third-order valence-electron chi connectivity index (χ3n) is 3.35. The number of benzene rings is 2. The highest BCUT2D eigenvalue weighted by atomic mass is 35.5. The second kappa shape index (κ2) is 8.55. The van der Waals surface area contributed by atoms with Crippen LogP contribution in [-0.2, 0) is 19.4 Å². The number of amides is 1. The van der Waals surface area contributed by atoms with E-state index in [9.17, 15) is 28.1 Å². The van der Waals surface area contributed by atoms with Crippen molar-refractivity contribution in [3.8, 4) is 0 Å². The van der Waals surface area contributed by atoms with E-state index in [1.165, 1.54) is 12.1 Å². The van der Waals surface area contributed by atoms with Gasteiger partial charge in [0.05, 0.1) is 26.2 Å². The standard InChI is InChI=1S/C16H12Cl2N2O7S/c1-28(25,26)13-6-5-9(7-12(13)20(23)24)16(22)27-8-14(21)19-11-4-2-3-10(17)15(11)18/h2-7H,8H2,1H3,(H,19,21). The molecular formula is C16H12Cl2N2O7S. The van der Waals surface area contributed by atoms with Crippen LogP contribution in [0.4, 0.5) is 11.4 Å². The van der Waals surface area contributed by atoms with Crippen LogP contribution in [0.25, 0.3) is 0 Å². The van der Waals surface area contributed by atoms with Crippen LogP contribution in [0.1, 0.15) is 10.4 Å². The van der Waals surface area contributed by atoms with Gasteiger partial charge in [-0.15, -0.1) is 0 Å². The third kappa shape index (κ3) is 5.18. The summed E-state index contributed by atoms with van der Waals surface area (Å²) in [5, 5.41) is 13.8. The molecule has 0 heterocycles. The minimum absolute atomic E-state index is 0.107. The monoisotopic (exact) mass is 446 g/mol. The van der Waals surface area contributed by atoms with Gasteiger partial charge in [-0.2, -0.15) is 0 Å². The number of ether oxygens (including phenoxy) is 1. The molecule has 0 aromatic heterocycles. The summed E-state index contributed by atoms with van der Waals surface area (Å²) in [5.74, 6) is -1.77. The number of rotatable bonds is 6. The number of hydrogen-bond donors (Lipinski definition) is 1. The predicted octanol–water partition coefficient (Wildman–Crippen LogP) is 3.10. The van der Waals surface area contributed by atoms with Gasteiger partial charge in [0, 0.05) is 12.3 Å². The number of anilines is 1. The van der Waals surface area contributed by atoms with E-state index in [0.717, 1.165) is 24.5 Å². The van der Waals surface area contributed by atoms with E-state index < -0.39 is 43.8 Å². The zero-order valence-corrected chi connectivity index (χ0v) is 16.5. The van der Waals surface area contributed by atoms with Gasteiger partial charge in [-0.1, -0.05) is 29.3 Å². The molecule has 0 atom stereocenters. The zero-order chi connectivity index (χ0) is 21.1. The van der Waals surface area contributed by atoms with E-state index in [1.807, 2.05) is 0 Å². The molecule has 1 amide bonds. The van der Waals surface area contributed by atoms with Crippen LogP contribution < -0.4 is 5.32 Å². The number of nitrogens with one attached hydrogen (secondary N) is 1. The van der Waals surface area contributed by atoms with Crippen molar-refractivity contribution in [2.75, 3.05) is 18.2 Å². The minimum atomic E-state index is -3.87. The molecule has 2 aromatic rings. The molecule has 0 unspecified atom stereocenters. The van der Waals surface area contributed by atoms with Crippen LogP contribution in [0.2, 0.25) is 10.0 Å². The summed E-state index contributed by atoms with van der Waals surface area (Å²) in [6.07, 6.45) is 0.804. The number of nitro groups is 1. The first-order valence-electron chi connectivity index (χ1n) is 7.40. The highest BCUT2D eigenvalue weighted by Crippen LogP contribution is 2.29. The molecule has 0 aliphatic heterocycles. The predicted molar refractivity (Wildman–Crippen MR) is 102 cm³/mol. The van der Waals surface area contributed by atoms with Gasteiger partial charge in [-0.25, -0.2) is 13.2 Å². The van der Waals surface area contributed by atoms with Gasteiger partial charge in [-0.3, -0.25) is 14.9 Å². The van der Waals surface area contributed by atoms with Crippen LogP contribution in [0.15, 0.2) is 41.3 Å². The summed E-state index contributed by atoms with van der Waals surface area (Å²) < 4.78 is 28.0. The molecular weight excluding hydrogens is 435 g/mol. The molecule has 0 spiro atoms. The van der Waals surface area contributed by atoms with Crippen molar-refractivity contribution in [3.63, 3.8) is 0 Å². The van der Waals surface area contributed by atoms with Gasteiger partial charge < -0.3 is 10.1 Å². The largest absolute Gasteiger partial charge is 0.452 e. The summed E-state index contributed by atoms with van der Waals surface area (Å²) in [5.41, 5.74) is -0.844. The Bertz CT molecular complexity index is 1070. The van der Waals surface area contributed by atoms with E-state index in [2.05, 4.69) is 5.32 Å². The van der Waals surface area contributed by atoms with E-state index in [4.69, 9.17) is 27.9 Å². The minimum Gasteiger partial charge on any atom is -0.452 e. The Hall–Kier alpha value is -2.69. The maximum Gasteiger partial charge on any atom is 0.338 e. The van der Waals surface area contributed by atoms with Gasteiger partial charge in [0.2, 0.25) is 0 Å². The third-order valence-corrected chi connectivity index (χ3v) is 5.31. The Morgan fingerprint density at radius 2 is 1.89 bits per heavy atom. The van der Waals surface area contributed by atoms with Gasteiger partial charge in [0.15, 0.2) is 16.4 Å². The molecule has 2 rings (SSSR count). The Morgan fingerprint density at radius 1 is 1.21 bits per heavy atom. The summed E-state index contributed by atoms with van der Waals surface area (Å²) in [4.78, 5) is 33.5. The molecule has 0 radical (unpaired) electrons. The van der Waals surface area contributed by atoms with Crippen LogP contribution >= 0.6 is 23.2 Å². The van der Waals surface area contributed by atoms with Gasteiger partial charge in [0.1, 0.15) is 4.90 Å². The van der Waals surface area contributed by atoms with Crippen LogP contribution in [-0.4, -0.2) is 38.1 Å². The lowest BCUT2D eigenvalue weighted by Crippen LogP contribution is -2.21. The highest BCUT2D eigenvalue weighted by Gasteiger charge is 2.24. The maximum atomic E-state index is 12.0. The molecule has 0 saturated heterocycles. The zero-order valence-electron chi connectivity index (χ0n) is 14.1. The van der Waals surface area contributed by atoms with Crippen molar-refractivity contribution < 1.29 is 27.7 Å².